The number of carbonyl (C=O) groups is 2. The first-order valence-corrected chi connectivity index (χ1v) is 6.06. The predicted octanol–water partition coefficient (Wildman–Crippen LogP) is 3.71. The van der Waals surface area contributed by atoms with Crippen LogP contribution in [0.15, 0.2) is 61.2 Å². The van der Waals surface area contributed by atoms with Gasteiger partial charge in [-0.25, -0.2) is 9.59 Å². The number of benzene rings is 1. The molecular weight excluding hydrogens is 268 g/mol. The Hall–Kier alpha value is -2.62. The lowest BCUT2D eigenvalue weighted by atomic mass is 10.2. The number of methoxy groups -OCH3 is 1. The Balaban J connectivity index is 0. The van der Waals surface area contributed by atoms with Crippen LogP contribution in [0.2, 0.25) is 0 Å². The standard InChI is InChI=1S/C8H8.C5H8O2.C4H6O2/c1-2-8-6-4-3-5-7-8;1-4(2)5(6)7-3;1-3(2)4(5)6/h2-7H,1H2;1H2,2-3H3;1H2,2H3,(H,5,6). The van der Waals surface area contributed by atoms with E-state index in [1.54, 1.807) is 6.92 Å². The molecule has 0 saturated carbocycles. The quantitative estimate of drug-likeness (QED) is 0.681. The first-order chi connectivity index (χ1) is 9.76. The van der Waals surface area contributed by atoms with E-state index >= 15 is 0 Å². The number of aliphatic carboxylic acids is 1. The van der Waals surface area contributed by atoms with Gasteiger partial charge in [0, 0.05) is 11.1 Å². The largest absolute Gasteiger partial charge is 0.478 e. The van der Waals surface area contributed by atoms with Gasteiger partial charge < -0.3 is 9.84 Å². The number of esters is 1. The maximum Gasteiger partial charge on any atom is 0.332 e. The average Bonchev–Trinajstić information content (AvgIpc) is 2.48. The molecule has 0 spiro atoms. The van der Waals surface area contributed by atoms with Crippen molar-refractivity contribution in [1.82, 2.24) is 0 Å². The summed E-state index contributed by atoms with van der Waals surface area (Å²) in [6.45, 7) is 13.2. The summed E-state index contributed by atoms with van der Waals surface area (Å²) in [5.41, 5.74) is 1.78. The molecule has 0 unspecified atom stereocenters. The molecule has 114 valence electrons. The van der Waals surface area contributed by atoms with Gasteiger partial charge in [-0.15, -0.1) is 0 Å². The highest BCUT2D eigenvalue weighted by Gasteiger charge is 1.95. The summed E-state index contributed by atoms with van der Waals surface area (Å²) in [5, 5.41) is 7.89. The zero-order valence-corrected chi connectivity index (χ0v) is 12.8. The number of hydrogen-bond donors (Lipinski definition) is 1. The van der Waals surface area contributed by atoms with Gasteiger partial charge in [0.15, 0.2) is 0 Å². The summed E-state index contributed by atoms with van der Waals surface area (Å²) in [4.78, 5) is 19.8. The fourth-order valence-corrected chi connectivity index (χ4v) is 0.763. The van der Waals surface area contributed by atoms with Crippen LogP contribution in [0.25, 0.3) is 6.08 Å². The molecule has 21 heavy (non-hydrogen) atoms. The highest BCUT2D eigenvalue weighted by atomic mass is 16.5. The molecule has 1 aromatic carbocycles. The second-order valence-electron chi connectivity index (χ2n) is 3.97. The number of carboxylic acids is 1. The summed E-state index contributed by atoms with van der Waals surface area (Å²) >= 11 is 0. The predicted molar refractivity (Wildman–Crippen MR) is 85.8 cm³/mol. The molecule has 0 bridgehead atoms. The summed E-state index contributed by atoms with van der Waals surface area (Å²) in [6, 6.07) is 10.0. The van der Waals surface area contributed by atoms with Gasteiger partial charge in [0.25, 0.3) is 0 Å². The van der Waals surface area contributed by atoms with E-state index in [1.165, 1.54) is 19.6 Å². The van der Waals surface area contributed by atoms with E-state index in [2.05, 4.69) is 24.5 Å². The van der Waals surface area contributed by atoms with Gasteiger partial charge in [-0.1, -0.05) is 56.1 Å². The van der Waals surface area contributed by atoms with Crippen molar-refractivity contribution >= 4 is 18.0 Å². The fourth-order valence-electron chi connectivity index (χ4n) is 0.763. The molecule has 1 aromatic rings. The Bertz CT molecular complexity index is 475. The minimum atomic E-state index is -0.935. The number of carbonyl (C=O) groups excluding carboxylic acids is 1. The Kier molecular flexibility index (Phi) is 12.2. The van der Waals surface area contributed by atoms with E-state index in [9.17, 15) is 9.59 Å². The third-order valence-electron chi connectivity index (χ3n) is 1.93. The van der Waals surface area contributed by atoms with Crippen LogP contribution in [0.1, 0.15) is 19.4 Å². The maximum absolute atomic E-state index is 10.2. The topological polar surface area (TPSA) is 63.6 Å². The van der Waals surface area contributed by atoms with Crippen molar-refractivity contribution in [3.05, 3.63) is 66.8 Å². The van der Waals surface area contributed by atoms with Crippen LogP contribution in [0, 0.1) is 0 Å². The van der Waals surface area contributed by atoms with Crippen LogP contribution < -0.4 is 0 Å². The number of hydrogen-bond acceptors (Lipinski definition) is 3. The highest BCUT2D eigenvalue weighted by Crippen LogP contribution is 1.97. The molecule has 1 N–H and O–H groups in total. The Morgan fingerprint density at radius 2 is 1.52 bits per heavy atom. The lowest BCUT2D eigenvalue weighted by Gasteiger charge is -1.91. The molecule has 1 rings (SSSR count). The van der Waals surface area contributed by atoms with E-state index in [-0.39, 0.29) is 11.5 Å². The first-order valence-electron chi connectivity index (χ1n) is 6.06. The molecule has 0 aliphatic heterocycles. The van der Waals surface area contributed by atoms with Gasteiger partial charge in [0.2, 0.25) is 0 Å². The summed E-state index contributed by atoms with van der Waals surface area (Å²) in [7, 11) is 1.33. The number of ether oxygens (including phenoxy) is 1. The monoisotopic (exact) mass is 290 g/mol. The molecule has 4 heteroatoms. The second-order valence-corrected chi connectivity index (χ2v) is 3.97. The molecule has 0 fully saturated rings. The van der Waals surface area contributed by atoms with E-state index in [0.29, 0.717) is 5.57 Å². The second kappa shape index (κ2) is 12.4. The van der Waals surface area contributed by atoms with Crippen molar-refractivity contribution in [2.24, 2.45) is 0 Å². The normalized spacial score (nSPS) is 7.95. The van der Waals surface area contributed by atoms with Crippen LogP contribution in [-0.2, 0) is 14.3 Å². The summed E-state index contributed by atoms with van der Waals surface area (Å²) < 4.78 is 4.27. The minimum absolute atomic E-state index is 0.176. The summed E-state index contributed by atoms with van der Waals surface area (Å²) in [5.74, 6) is -1.28. The van der Waals surface area contributed by atoms with E-state index in [1.807, 2.05) is 36.4 Å². The van der Waals surface area contributed by atoms with Crippen molar-refractivity contribution in [1.29, 1.82) is 0 Å². The first kappa shape index (κ1) is 20.7. The third-order valence-corrected chi connectivity index (χ3v) is 1.93. The number of rotatable bonds is 3. The molecule has 0 heterocycles. The van der Waals surface area contributed by atoms with Crippen molar-refractivity contribution in [3.8, 4) is 0 Å². The van der Waals surface area contributed by atoms with Crippen LogP contribution in [-0.4, -0.2) is 24.2 Å². The van der Waals surface area contributed by atoms with Gasteiger partial charge >= 0.3 is 11.9 Å². The fraction of sp³-hybridized carbons (Fsp3) is 0.176. The van der Waals surface area contributed by atoms with E-state index in [4.69, 9.17) is 5.11 Å². The summed E-state index contributed by atoms with van der Waals surface area (Å²) in [6.07, 6.45) is 1.83. The minimum Gasteiger partial charge on any atom is -0.478 e. The zero-order chi connectivity index (χ0) is 16.8. The Labute approximate surface area is 126 Å². The molecule has 0 amide bonds. The van der Waals surface area contributed by atoms with Crippen molar-refractivity contribution < 1.29 is 19.4 Å². The van der Waals surface area contributed by atoms with Gasteiger partial charge in [-0.3, -0.25) is 0 Å². The smallest absolute Gasteiger partial charge is 0.332 e. The molecule has 0 saturated heterocycles. The molecule has 4 nitrogen and oxygen atoms in total. The lowest BCUT2D eigenvalue weighted by Crippen LogP contribution is -1.98. The Morgan fingerprint density at radius 1 is 1.10 bits per heavy atom. The highest BCUT2D eigenvalue weighted by molar-refractivity contribution is 5.86. The van der Waals surface area contributed by atoms with Gasteiger partial charge in [0.05, 0.1) is 7.11 Å². The molecule has 0 aliphatic rings. The molecule has 0 atom stereocenters. The van der Waals surface area contributed by atoms with E-state index in [0.717, 1.165) is 0 Å². The maximum atomic E-state index is 10.2. The van der Waals surface area contributed by atoms with E-state index < -0.39 is 5.97 Å². The molecule has 0 aromatic heterocycles. The van der Waals surface area contributed by atoms with Crippen LogP contribution in [0.4, 0.5) is 0 Å². The number of carboxylic acid groups (broad SMARTS) is 1. The van der Waals surface area contributed by atoms with Gasteiger partial charge in [-0.2, -0.15) is 0 Å². The molecule has 0 radical (unpaired) electrons. The van der Waals surface area contributed by atoms with Crippen LogP contribution in [0.5, 0.6) is 0 Å². The SMILES string of the molecule is C=C(C)C(=O)O.C=C(C)C(=O)OC.C=Cc1ccccc1. The molecular formula is C17H22O4. The van der Waals surface area contributed by atoms with Crippen LogP contribution in [0.3, 0.4) is 0 Å². The van der Waals surface area contributed by atoms with Crippen molar-refractivity contribution in [2.45, 2.75) is 13.8 Å². The zero-order valence-electron chi connectivity index (χ0n) is 12.8. The Morgan fingerprint density at radius 3 is 1.67 bits per heavy atom. The lowest BCUT2D eigenvalue weighted by molar-refractivity contribution is -0.136. The molecule has 0 aliphatic carbocycles. The van der Waals surface area contributed by atoms with Gasteiger partial charge in [0.1, 0.15) is 0 Å². The van der Waals surface area contributed by atoms with Crippen molar-refractivity contribution in [2.75, 3.05) is 7.11 Å². The third kappa shape index (κ3) is 13.6. The van der Waals surface area contributed by atoms with Crippen molar-refractivity contribution in [3.63, 3.8) is 0 Å². The van der Waals surface area contributed by atoms with Gasteiger partial charge in [-0.05, 0) is 19.4 Å². The average molecular weight is 290 g/mol. The van der Waals surface area contributed by atoms with Crippen LogP contribution >= 0.6 is 0 Å².